The molecule has 0 aromatic rings. The lowest BCUT2D eigenvalue weighted by molar-refractivity contribution is 0.431. The molecule has 0 amide bonds. The first-order chi connectivity index (χ1) is 5.97. The lowest BCUT2D eigenvalue weighted by atomic mass is 10.1. The second-order valence-corrected chi connectivity index (χ2v) is 2.62. The van der Waals surface area contributed by atoms with Crippen LogP contribution < -0.4 is 0 Å². The van der Waals surface area contributed by atoms with Crippen LogP contribution in [-0.4, -0.2) is 10.2 Å². The molecule has 0 bridgehead atoms. The molecule has 0 radical (unpaired) electrons. The minimum Gasteiger partial charge on any atom is -0.509 e. The Morgan fingerprint density at radius 2 is 1.69 bits per heavy atom. The van der Waals surface area contributed by atoms with Gasteiger partial charge in [0.1, 0.15) is 11.5 Å². The molecular formula is C11H14O2. The Labute approximate surface area is 78.5 Å². The van der Waals surface area contributed by atoms with Crippen LogP contribution in [0.15, 0.2) is 60.6 Å². The third-order valence-corrected chi connectivity index (χ3v) is 1.42. The van der Waals surface area contributed by atoms with Crippen LogP contribution in [0.4, 0.5) is 0 Å². The highest BCUT2D eigenvalue weighted by Crippen LogP contribution is 2.11. The molecule has 0 heterocycles. The van der Waals surface area contributed by atoms with E-state index in [0.29, 0.717) is 5.57 Å². The molecule has 2 nitrogen and oxygen atoms in total. The van der Waals surface area contributed by atoms with Crippen LogP contribution in [0.5, 0.6) is 0 Å². The lowest BCUT2D eigenvalue weighted by Gasteiger charge is -2.00. The van der Waals surface area contributed by atoms with Crippen LogP contribution in [-0.2, 0) is 0 Å². The summed E-state index contributed by atoms with van der Waals surface area (Å²) in [6.45, 7) is 12.2. The highest BCUT2D eigenvalue weighted by Gasteiger charge is 1.95. The minimum absolute atomic E-state index is 0.0369. The van der Waals surface area contributed by atoms with E-state index in [0.717, 1.165) is 5.57 Å². The Bertz CT molecular complexity index is 293. The normalized spacial score (nSPS) is 12.4. The monoisotopic (exact) mass is 178 g/mol. The lowest BCUT2D eigenvalue weighted by Crippen LogP contribution is -1.83. The van der Waals surface area contributed by atoms with Gasteiger partial charge in [0.25, 0.3) is 0 Å². The summed E-state index contributed by atoms with van der Waals surface area (Å²) >= 11 is 0. The quantitative estimate of drug-likeness (QED) is 0.512. The maximum atomic E-state index is 9.08. The van der Waals surface area contributed by atoms with Crippen molar-refractivity contribution in [3.63, 3.8) is 0 Å². The number of allylic oxidation sites excluding steroid dienone is 5. The van der Waals surface area contributed by atoms with Crippen LogP contribution in [0.3, 0.4) is 0 Å². The van der Waals surface area contributed by atoms with E-state index < -0.39 is 0 Å². The fraction of sp³-hybridized carbons (Fsp3) is 0.0909. The topological polar surface area (TPSA) is 40.5 Å². The van der Waals surface area contributed by atoms with E-state index in [1.807, 2.05) is 0 Å². The van der Waals surface area contributed by atoms with Crippen molar-refractivity contribution in [2.24, 2.45) is 0 Å². The third kappa shape index (κ3) is 4.69. The molecule has 0 aromatic carbocycles. The molecule has 0 aliphatic heterocycles. The second-order valence-electron chi connectivity index (χ2n) is 2.62. The van der Waals surface area contributed by atoms with Crippen LogP contribution in [0.2, 0.25) is 0 Å². The molecule has 2 heteroatoms. The van der Waals surface area contributed by atoms with E-state index in [1.54, 1.807) is 6.92 Å². The van der Waals surface area contributed by atoms with Crippen molar-refractivity contribution in [3.05, 3.63) is 60.6 Å². The van der Waals surface area contributed by atoms with Gasteiger partial charge in [-0.3, -0.25) is 0 Å². The van der Waals surface area contributed by atoms with Gasteiger partial charge in [-0.2, -0.15) is 0 Å². The fourth-order valence-corrected chi connectivity index (χ4v) is 0.694. The summed E-state index contributed by atoms with van der Waals surface area (Å²) in [6, 6.07) is 0. The average Bonchev–Trinajstić information content (AvgIpc) is 2.02. The van der Waals surface area contributed by atoms with Gasteiger partial charge >= 0.3 is 0 Å². The van der Waals surface area contributed by atoms with Crippen molar-refractivity contribution in [3.8, 4) is 0 Å². The largest absolute Gasteiger partial charge is 0.509 e. The van der Waals surface area contributed by atoms with Crippen LogP contribution >= 0.6 is 0 Å². The maximum absolute atomic E-state index is 9.08. The van der Waals surface area contributed by atoms with Crippen LogP contribution in [0.1, 0.15) is 6.92 Å². The van der Waals surface area contributed by atoms with E-state index in [-0.39, 0.29) is 11.5 Å². The summed E-state index contributed by atoms with van der Waals surface area (Å²) in [4.78, 5) is 0. The zero-order valence-electron chi connectivity index (χ0n) is 7.75. The molecule has 70 valence electrons. The zero-order valence-corrected chi connectivity index (χ0v) is 7.75. The molecule has 2 N–H and O–H groups in total. The third-order valence-electron chi connectivity index (χ3n) is 1.42. The number of aliphatic hydroxyl groups is 2. The summed E-state index contributed by atoms with van der Waals surface area (Å²) in [6.07, 6.45) is 4.24. The van der Waals surface area contributed by atoms with Crippen molar-refractivity contribution in [1.29, 1.82) is 0 Å². The van der Waals surface area contributed by atoms with Gasteiger partial charge in [-0.15, -0.1) is 0 Å². The van der Waals surface area contributed by atoms with Crippen molar-refractivity contribution in [2.75, 3.05) is 0 Å². The molecular weight excluding hydrogens is 164 g/mol. The molecule has 0 saturated heterocycles. The van der Waals surface area contributed by atoms with Crippen LogP contribution in [0, 0.1) is 0 Å². The first-order valence-corrected chi connectivity index (χ1v) is 3.76. The molecule has 0 unspecified atom stereocenters. The van der Waals surface area contributed by atoms with E-state index >= 15 is 0 Å². The highest BCUT2D eigenvalue weighted by molar-refractivity contribution is 5.40. The van der Waals surface area contributed by atoms with Crippen molar-refractivity contribution < 1.29 is 10.2 Å². The standard InChI is InChI=1S/C11H14O2/c1-5-11(13)7-9(3)8(2)6-10(4)12/h5-7,12-13H,1,3-4H2,2H3/b8-6-,11-7+. The molecule has 0 aliphatic carbocycles. The van der Waals surface area contributed by atoms with E-state index in [1.165, 1.54) is 18.2 Å². The molecule has 0 rings (SSSR count). The molecule has 0 fully saturated rings. The summed E-state index contributed by atoms with van der Waals surface area (Å²) in [5.74, 6) is 0.00597. The van der Waals surface area contributed by atoms with Gasteiger partial charge in [-0.25, -0.2) is 0 Å². The molecule has 0 aliphatic rings. The Morgan fingerprint density at radius 1 is 1.15 bits per heavy atom. The number of hydrogen-bond acceptors (Lipinski definition) is 2. The van der Waals surface area contributed by atoms with E-state index in [2.05, 4.69) is 19.7 Å². The molecule has 13 heavy (non-hydrogen) atoms. The van der Waals surface area contributed by atoms with E-state index in [4.69, 9.17) is 10.2 Å². The first kappa shape index (κ1) is 11.3. The van der Waals surface area contributed by atoms with Gasteiger partial charge in [0.05, 0.1) is 0 Å². The smallest absolute Gasteiger partial charge is 0.115 e. The predicted molar refractivity (Wildman–Crippen MR) is 55.6 cm³/mol. The summed E-state index contributed by atoms with van der Waals surface area (Å²) < 4.78 is 0. The minimum atomic E-state index is -0.0369. The number of aliphatic hydroxyl groups excluding tert-OH is 2. The molecule has 0 saturated carbocycles. The van der Waals surface area contributed by atoms with Gasteiger partial charge in [0, 0.05) is 0 Å². The maximum Gasteiger partial charge on any atom is 0.115 e. The summed E-state index contributed by atoms with van der Waals surface area (Å²) in [5.41, 5.74) is 1.34. The van der Waals surface area contributed by atoms with Gasteiger partial charge in [-0.05, 0) is 36.3 Å². The zero-order chi connectivity index (χ0) is 10.4. The Morgan fingerprint density at radius 3 is 2.08 bits per heavy atom. The van der Waals surface area contributed by atoms with E-state index in [9.17, 15) is 0 Å². The Balaban J connectivity index is 4.63. The average molecular weight is 178 g/mol. The van der Waals surface area contributed by atoms with Gasteiger partial charge in [-0.1, -0.05) is 19.7 Å². The van der Waals surface area contributed by atoms with Crippen LogP contribution in [0.25, 0.3) is 0 Å². The van der Waals surface area contributed by atoms with Gasteiger partial charge < -0.3 is 10.2 Å². The summed E-state index contributed by atoms with van der Waals surface area (Å²) in [7, 11) is 0. The predicted octanol–water partition coefficient (Wildman–Crippen LogP) is 3.19. The fourth-order valence-electron chi connectivity index (χ4n) is 0.694. The van der Waals surface area contributed by atoms with Crippen molar-refractivity contribution in [2.45, 2.75) is 6.92 Å². The highest BCUT2D eigenvalue weighted by atomic mass is 16.3. The first-order valence-electron chi connectivity index (χ1n) is 3.76. The number of hydrogen-bond donors (Lipinski definition) is 2. The molecule has 0 atom stereocenters. The SMILES string of the molecule is C=C/C(O)=C\C(=C)/C(C)=C\C(=C)O. The molecule has 0 spiro atoms. The Kier molecular flexibility index (Phi) is 4.38. The van der Waals surface area contributed by atoms with Gasteiger partial charge in [0.2, 0.25) is 0 Å². The van der Waals surface area contributed by atoms with Crippen molar-refractivity contribution >= 4 is 0 Å². The second kappa shape index (κ2) is 5.04. The molecule has 0 aromatic heterocycles. The van der Waals surface area contributed by atoms with Gasteiger partial charge in [0.15, 0.2) is 0 Å². The van der Waals surface area contributed by atoms with Crippen molar-refractivity contribution in [1.82, 2.24) is 0 Å². The summed E-state index contributed by atoms with van der Waals surface area (Å²) in [5, 5.41) is 17.9. The Hall–Kier alpha value is -1.70. The number of rotatable bonds is 4.